The van der Waals surface area contributed by atoms with Crippen molar-refractivity contribution in [3.8, 4) is 5.75 Å². The first-order valence-electron chi connectivity index (χ1n) is 11.7. The molecule has 35 heavy (non-hydrogen) atoms. The molecule has 4 rings (SSSR count). The van der Waals surface area contributed by atoms with Crippen LogP contribution in [0.15, 0.2) is 28.9 Å². The van der Waals surface area contributed by atoms with Crippen LogP contribution in [-0.2, 0) is 11.2 Å². The molecule has 0 aliphatic carbocycles. The van der Waals surface area contributed by atoms with Crippen LogP contribution in [0.1, 0.15) is 54.2 Å². The Kier molecular flexibility index (Phi) is 6.64. The monoisotopic (exact) mass is 484 g/mol. The number of anilines is 2. The Bertz CT molecular complexity index is 1130. The van der Waals surface area contributed by atoms with Crippen LogP contribution in [0.2, 0.25) is 0 Å². The number of nitrogens with zero attached hydrogens (tertiary/aromatic N) is 2. The van der Waals surface area contributed by atoms with Crippen LogP contribution in [0.5, 0.6) is 5.75 Å². The Hall–Kier alpha value is -3.69. The fourth-order valence-electron chi connectivity index (χ4n) is 4.23. The fourth-order valence-corrected chi connectivity index (χ4v) is 4.23. The highest BCUT2D eigenvalue weighted by Gasteiger charge is 2.31. The largest absolute Gasteiger partial charge is 0.494 e. The molecule has 2 aliphatic rings. The number of piperazine rings is 1. The molecule has 0 spiro atoms. The highest BCUT2D eigenvalue weighted by Crippen LogP contribution is 2.32. The molecular weight excluding hydrogens is 452 g/mol. The molecule has 2 aromatic rings. The number of methoxy groups -OCH3 is 1. The number of furan rings is 1. The smallest absolute Gasteiger partial charge is 0.410 e. The number of hydrogen-bond acceptors (Lipinski definition) is 7. The highest BCUT2D eigenvalue weighted by molar-refractivity contribution is 6.13. The summed E-state index contributed by atoms with van der Waals surface area (Å²) in [6, 6.07) is 5.45. The summed E-state index contributed by atoms with van der Waals surface area (Å²) in [5, 5.41) is 5.65. The van der Waals surface area contributed by atoms with Crippen molar-refractivity contribution < 1.29 is 28.3 Å². The van der Waals surface area contributed by atoms with Gasteiger partial charge in [-0.05, 0) is 39.8 Å². The van der Waals surface area contributed by atoms with Crippen molar-refractivity contribution in [1.82, 2.24) is 10.2 Å². The van der Waals surface area contributed by atoms with Crippen molar-refractivity contribution in [2.75, 3.05) is 43.5 Å². The van der Waals surface area contributed by atoms with Crippen molar-refractivity contribution in [2.45, 2.75) is 45.8 Å². The van der Waals surface area contributed by atoms with Crippen LogP contribution in [0.3, 0.4) is 0 Å². The predicted molar refractivity (Wildman–Crippen MR) is 130 cm³/mol. The lowest BCUT2D eigenvalue weighted by molar-refractivity contribution is 0.0240. The van der Waals surface area contributed by atoms with Gasteiger partial charge in [0.2, 0.25) is 0 Å². The van der Waals surface area contributed by atoms with Gasteiger partial charge in [-0.2, -0.15) is 0 Å². The Morgan fingerprint density at radius 1 is 1.17 bits per heavy atom. The first-order valence-corrected chi connectivity index (χ1v) is 11.7. The third kappa shape index (κ3) is 5.36. The highest BCUT2D eigenvalue weighted by atomic mass is 16.6. The zero-order valence-electron chi connectivity index (χ0n) is 20.8. The number of benzene rings is 1. The van der Waals surface area contributed by atoms with Crippen molar-refractivity contribution in [2.24, 2.45) is 0 Å². The number of ether oxygens (including phenoxy) is 2. The molecule has 2 aliphatic heterocycles. The third-order valence-electron chi connectivity index (χ3n) is 5.94. The average Bonchev–Trinajstić information content (AvgIpc) is 3.22. The van der Waals surface area contributed by atoms with E-state index in [4.69, 9.17) is 13.9 Å². The quantitative estimate of drug-likeness (QED) is 0.685. The lowest BCUT2D eigenvalue weighted by Gasteiger charge is -2.37. The van der Waals surface area contributed by atoms with E-state index in [2.05, 4.69) is 15.5 Å². The van der Waals surface area contributed by atoms with Crippen LogP contribution in [-0.4, -0.2) is 67.7 Å². The summed E-state index contributed by atoms with van der Waals surface area (Å²) in [6.45, 7) is 9.81. The second-order valence-electron chi connectivity index (χ2n) is 9.82. The molecule has 1 atom stereocenters. The van der Waals surface area contributed by atoms with Crippen molar-refractivity contribution in [3.63, 3.8) is 0 Å². The summed E-state index contributed by atoms with van der Waals surface area (Å²) in [5.74, 6) is 0.238. The normalized spacial score (nSPS) is 18.0. The number of hydrogen-bond donors (Lipinski definition) is 2. The Labute approximate surface area is 204 Å². The Morgan fingerprint density at radius 2 is 1.89 bits per heavy atom. The SMILES string of the molecule is COc1cc(N2CCN(C(=O)OC(C)(C)C)CC2)ccc1NC(=O)c1coc2c1C(=O)NC(C)C2. The molecule has 0 bridgehead atoms. The van der Waals surface area contributed by atoms with E-state index in [1.165, 1.54) is 13.4 Å². The average molecular weight is 485 g/mol. The number of carbonyl (C=O) groups is 3. The van der Waals surface area contributed by atoms with E-state index in [1.54, 1.807) is 11.0 Å². The summed E-state index contributed by atoms with van der Waals surface area (Å²) in [4.78, 5) is 41.5. The molecular formula is C25H32N4O6. The van der Waals surface area contributed by atoms with Crippen LogP contribution in [0.25, 0.3) is 0 Å². The van der Waals surface area contributed by atoms with E-state index in [1.807, 2.05) is 39.8 Å². The second kappa shape index (κ2) is 9.52. The van der Waals surface area contributed by atoms with Crippen LogP contribution in [0.4, 0.5) is 16.2 Å². The first-order chi connectivity index (χ1) is 16.6. The van der Waals surface area contributed by atoms with Gasteiger partial charge in [-0.1, -0.05) is 0 Å². The lowest BCUT2D eigenvalue weighted by atomic mass is 10.0. The number of nitrogens with one attached hydrogen (secondary N) is 2. The maximum atomic E-state index is 13.0. The molecule has 10 heteroatoms. The van der Waals surface area contributed by atoms with Gasteiger partial charge in [-0.3, -0.25) is 9.59 Å². The molecule has 188 valence electrons. The predicted octanol–water partition coefficient (Wildman–Crippen LogP) is 3.27. The number of amides is 3. The van der Waals surface area contributed by atoms with Crippen LogP contribution in [0, 0.1) is 0 Å². The van der Waals surface area contributed by atoms with Gasteiger partial charge in [0.15, 0.2) is 0 Å². The van der Waals surface area contributed by atoms with Gasteiger partial charge in [0.1, 0.15) is 23.4 Å². The molecule has 1 unspecified atom stereocenters. The molecule has 3 heterocycles. The first kappa shape index (κ1) is 24.4. The molecule has 0 saturated carbocycles. The minimum atomic E-state index is -0.528. The third-order valence-corrected chi connectivity index (χ3v) is 5.94. The van der Waals surface area contributed by atoms with E-state index in [0.717, 1.165) is 5.69 Å². The maximum Gasteiger partial charge on any atom is 0.410 e. The van der Waals surface area contributed by atoms with Gasteiger partial charge in [-0.25, -0.2) is 4.79 Å². The maximum absolute atomic E-state index is 13.0. The van der Waals surface area contributed by atoms with Gasteiger partial charge < -0.3 is 34.3 Å². The summed E-state index contributed by atoms with van der Waals surface area (Å²) in [5.41, 5.74) is 1.33. The zero-order valence-corrected chi connectivity index (χ0v) is 20.8. The van der Waals surface area contributed by atoms with Crippen molar-refractivity contribution in [3.05, 3.63) is 41.3 Å². The van der Waals surface area contributed by atoms with E-state index < -0.39 is 11.5 Å². The minimum absolute atomic E-state index is 0.0456. The van der Waals surface area contributed by atoms with Gasteiger partial charge >= 0.3 is 6.09 Å². The summed E-state index contributed by atoms with van der Waals surface area (Å²) >= 11 is 0. The minimum Gasteiger partial charge on any atom is -0.494 e. The molecule has 1 aromatic carbocycles. The molecule has 1 fully saturated rings. The van der Waals surface area contributed by atoms with E-state index >= 15 is 0 Å². The molecule has 1 aromatic heterocycles. The lowest BCUT2D eigenvalue weighted by Crippen LogP contribution is -2.50. The molecule has 3 amide bonds. The van der Waals surface area contributed by atoms with Gasteiger partial charge in [-0.15, -0.1) is 0 Å². The van der Waals surface area contributed by atoms with Gasteiger partial charge in [0.25, 0.3) is 11.8 Å². The number of rotatable bonds is 4. The van der Waals surface area contributed by atoms with E-state index in [9.17, 15) is 14.4 Å². The second-order valence-corrected chi connectivity index (χ2v) is 9.82. The summed E-state index contributed by atoms with van der Waals surface area (Å²) in [6.07, 6.45) is 1.55. The number of fused-ring (bicyclic) bond motifs is 1. The standard InChI is InChI=1S/C25H32N4O6/c1-15-12-20-21(23(31)26-15)17(14-34-20)22(30)27-18-7-6-16(13-19(18)33-5)28-8-10-29(11-9-28)24(32)35-25(2,3)4/h6-7,13-15H,8-12H2,1-5H3,(H,26,31)(H,27,30). The molecule has 2 N–H and O–H groups in total. The summed E-state index contributed by atoms with van der Waals surface area (Å²) < 4.78 is 16.5. The van der Waals surface area contributed by atoms with Gasteiger partial charge in [0.05, 0.1) is 23.9 Å². The van der Waals surface area contributed by atoms with Gasteiger partial charge in [0, 0.05) is 50.4 Å². The summed E-state index contributed by atoms with van der Waals surface area (Å²) in [7, 11) is 1.53. The zero-order chi connectivity index (χ0) is 25.3. The van der Waals surface area contributed by atoms with Crippen LogP contribution >= 0.6 is 0 Å². The number of carbonyl (C=O) groups excluding carboxylic acids is 3. The Balaban J connectivity index is 1.43. The molecule has 0 radical (unpaired) electrons. The molecule has 1 saturated heterocycles. The van der Waals surface area contributed by atoms with Crippen molar-refractivity contribution in [1.29, 1.82) is 0 Å². The fraction of sp³-hybridized carbons (Fsp3) is 0.480. The van der Waals surface area contributed by atoms with E-state index in [-0.39, 0.29) is 29.2 Å². The Morgan fingerprint density at radius 3 is 2.54 bits per heavy atom. The van der Waals surface area contributed by atoms with E-state index in [0.29, 0.717) is 49.8 Å². The van der Waals surface area contributed by atoms with Crippen LogP contribution < -0.4 is 20.3 Å². The topological polar surface area (TPSA) is 113 Å². The van der Waals surface area contributed by atoms with Crippen molar-refractivity contribution >= 4 is 29.3 Å². The molecule has 10 nitrogen and oxygen atoms in total.